The Labute approximate surface area is 110 Å². The minimum atomic E-state index is -0.576. The van der Waals surface area contributed by atoms with E-state index in [4.69, 9.17) is 19.9 Å². The summed E-state index contributed by atoms with van der Waals surface area (Å²) in [7, 11) is 0. The summed E-state index contributed by atoms with van der Waals surface area (Å²) in [5.41, 5.74) is 5.45. The second kappa shape index (κ2) is 8.82. The number of rotatable bonds is 9. The van der Waals surface area contributed by atoms with Gasteiger partial charge in [-0.05, 0) is 6.42 Å². The third-order valence-corrected chi connectivity index (χ3v) is 3.31. The number of unbranched alkanes of at least 4 members (excludes halogenated alkanes) is 1. The van der Waals surface area contributed by atoms with Crippen LogP contribution in [0.5, 0.6) is 0 Å². The fourth-order valence-corrected chi connectivity index (χ4v) is 1.94. The third kappa shape index (κ3) is 5.63. The molecule has 1 aliphatic heterocycles. The topological polar surface area (TPSA) is 73.9 Å². The van der Waals surface area contributed by atoms with Crippen LogP contribution in [0.4, 0.5) is 0 Å². The zero-order valence-corrected chi connectivity index (χ0v) is 11.4. The van der Waals surface area contributed by atoms with Crippen LogP contribution >= 0.6 is 0 Å². The molecule has 1 unspecified atom stereocenters. The first kappa shape index (κ1) is 15.9. The lowest BCUT2D eigenvalue weighted by molar-refractivity contribution is -0.131. The molecule has 5 heteroatoms. The summed E-state index contributed by atoms with van der Waals surface area (Å²) in [5, 5.41) is 9.77. The maximum absolute atomic E-state index is 9.77. The van der Waals surface area contributed by atoms with Crippen LogP contribution in [0, 0.1) is 0 Å². The lowest BCUT2D eigenvalue weighted by Crippen LogP contribution is -2.47. The molecule has 0 aromatic heterocycles. The van der Waals surface area contributed by atoms with Gasteiger partial charge >= 0.3 is 0 Å². The van der Waals surface area contributed by atoms with E-state index in [0.717, 1.165) is 25.7 Å². The predicted octanol–water partition coefficient (Wildman–Crippen LogP) is 0.688. The summed E-state index contributed by atoms with van der Waals surface area (Å²) in [6, 6.07) is 0. The molecule has 0 aromatic rings. The van der Waals surface area contributed by atoms with Crippen molar-refractivity contribution in [3.8, 4) is 0 Å². The monoisotopic (exact) mass is 261 g/mol. The van der Waals surface area contributed by atoms with Crippen LogP contribution in [0.1, 0.15) is 32.6 Å². The van der Waals surface area contributed by atoms with E-state index in [0.29, 0.717) is 33.0 Å². The number of aliphatic hydroxyl groups is 1. The van der Waals surface area contributed by atoms with Crippen molar-refractivity contribution in [3.63, 3.8) is 0 Å². The smallest absolute Gasteiger partial charge is 0.101 e. The van der Waals surface area contributed by atoms with Gasteiger partial charge in [-0.25, -0.2) is 0 Å². The number of hydrogen-bond donors (Lipinski definition) is 2. The first-order valence-corrected chi connectivity index (χ1v) is 6.90. The number of nitrogens with two attached hydrogens (primary N) is 1. The van der Waals surface area contributed by atoms with E-state index in [1.807, 2.05) is 0 Å². The van der Waals surface area contributed by atoms with Crippen molar-refractivity contribution >= 4 is 0 Å². The highest BCUT2D eigenvalue weighted by molar-refractivity contribution is 4.84. The van der Waals surface area contributed by atoms with Crippen LogP contribution in [0.3, 0.4) is 0 Å². The molecular weight excluding hydrogens is 234 g/mol. The molecule has 0 amide bonds. The van der Waals surface area contributed by atoms with Gasteiger partial charge in [-0.15, -0.1) is 0 Å². The van der Waals surface area contributed by atoms with Gasteiger partial charge in [0.05, 0.1) is 18.8 Å². The molecule has 18 heavy (non-hydrogen) atoms. The van der Waals surface area contributed by atoms with Crippen LogP contribution < -0.4 is 5.73 Å². The SMILES string of the molecule is CCCCOCC(O)COC1(CN)CCOCC1. The molecule has 1 saturated heterocycles. The zero-order chi connectivity index (χ0) is 13.3. The van der Waals surface area contributed by atoms with Crippen molar-refractivity contribution in [2.24, 2.45) is 5.73 Å². The highest BCUT2D eigenvalue weighted by Gasteiger charge is 2.32. The Kier molecular flexibility index (Phi) is 7.77. The molecule has 0 radical (unpaired) electrons. The van der Waals surface area contributed by atoms with Crippen LogP contribution in [-0.2, 0) is 14.2 Å². The maximum atomic E-state index is 9.77. The third-order valence-electron chi connectivity index (χ3n) is 3.31. The lowest BCUT2D eigenvalue weighted by Gasteiger charge is -2.36. The quantitative estimate of drug-likeness (QED) is 0.597. The Hall–Kier alpha value is -0.200. The first-order chi connectivity index (χ1) is 8.72. The lowest BCUT2D eigenvalue weighted by atomic mass is 9.94. The molecule has 1 fully saturated rings. The van der Waals surface area contributed by atoms with Crippen molar-refractivity contribution in [2.75, 3.05) is 39.6 Å². The summed E-state index contributed by atoms with van der Waals surface area (Å²) in [5.74, 6) is 0. The number of aliphatic hydroxyl groups excluding tert-OH is 1. The molecule has 0 aliphatic carbocycles. The average molecular weight is 261 g/mol. The molecule has 1 heterocycles. The molecule has 108 valence electrons. The predicted molar refractivity (Wildman–Crippen MR) is 69.5 cm³/mol. The molecule has 5 nitrogen and oxygen atoms in total. The second-order valence-corrected chi connectivity index (χ2v) is 4.89. The highest BCUT2D eigenvalue weighted by Crippen LogP contribution is 2.24. The Morgan fingerprint density at radius 1 is 1.33 bits per heavy atom. The fourth-order valence-electron chi connectivity index (χ4n) is 1.94. The zero-order valence-electron chi connectivity index (χ0n) is 11.4. The van der Waals surface area contributed by atoms with Gasteiger partial charge in [-0.3, -0.25) is 0 Å². The Bertz CT molecular complexity index is 207. The van der Waals surface area contributed by atoms with Gasteiger partial charge < -0.3 is 25.1 Å². The van der Waals surface area contributed by atoms with E-state index in [2.05, 4.69) is 6.92 Å². The summed E-state index contributed by atoms with van der Waals surface area (Å²) < 4.78 is 16.5. The van der Waals surface area contributed by atoms with E-state index in [9.17, 15) is 5.11 Å². The van der Waals surface area contributed by atoms with Crippen molar-refractivity contribution < 1.29 is 19.3 Å². The van der Waals surface area contributed by atoms with Gasteiger partial charge in [-0.2, -0.15) is 0 Å². The molecule has 0 aromatic carbocycles. The van der Waals surface area contributed by atoms with Crippen molar-refractivity contribution in [3.05, 3.63) is 0 Å². The van der Waals surface area contributed by atoms with Gasteiger partial charge in [0.1, 0.15) is 6.10 Å². The molecule has 0 saturated carbocycles. The van der Waals surface area contributed by atoms with Crippen LogP contribution in [0.15, 0.2) is 0 Å². The summed E-state index contributed by atoms with van der Waals surface area (Å²) in [6.45, 7) is 5.25. The van der Waals surface area contributed by atoms with Crippen molar-refractivity contribution in [2.45, 2.75) is 44.3 Å². The normalized spacial score (nSPS) is 20.8. The number of ether oxygens (including phenoxy) is 3. The maximum Gasteiger partial charge on any atom is 0.101 e. The fraction of sp³-hybridized carbons (Fsp3) is 1.00. The Morgan fingerprint density at radius 3 is 2.67 bits per heavy atom. The highest BCUT2D eigenvalue weighted by atomic mass is 16.5. The summed E-state index contributed by atoms with van der Waals surface area (Å²) in [4.78, 5) is 0. The van der Waals surface area contributed by atoms with Crippen LogP contribution in [-0.4, -0.2) is 56.4 Å². The van der Waals surface area contributed by atoms with Gasteiger partial charge in [0.15, 0.2) is 0 Å². The summed E-state index contributed by atoms with van der Waals surface area (Å²) in [6.07, 6.45) is 3.15. The number of hydrogen-bond acceptors (Lipinski definition) is 5. The summed E-state index contributed by atoms with van der Waals surface area (Å²) >= 11 is 0. The van der Waals surface area contributed by atoms with E-state index >= 15 is 0 Å². The van der Waals surface area contributed by atoms with Gasteiger partial charge in [0.25, 0.3) is 0 Å². The average Bonchev–Trinajstić information content (AvgIpc) is 2.42. The van der Waals surface area contributed by atoms with Gasteiger partial charge in [-0.1, -0.05) is 13.3 Å². The van der Waals surface area contributed by atoms with E-state index in [1.54, 1.807) is 0 Å². The molecular formula is C13H27NO4. The molecule has 1 rings (SSSR count). The first-order valence-electron chi connectivity index (χ1n) is 6.90. The van der Waals surface area contributed by atoms with Crippen LogP contribution in [0.2, 0.25) is 0 Å². The van der Waals surface area contributed by atoms with Gasteiger partial charge in [0, 0.05) is 39.2 Å². The van der Waals surface area contributed by atoms with Crippen molar-refractivity contribution in [1.82, 2.24) is 0 Å². The molecule has 3 N–H and O–H groups in total. The van der Waals surface area contributed by atoms with E-state index < -0.39 is 6.10 Å². The minimum Gasteiger partial charge on any atom is -0.388 e. The molecule has 0 bridgehead atoms. The second-order valence-electron chi connectivity index (χ2n) is 4.89. The van der Waals surface area contributed by atoms with Gasteiger partial charge in [0.2, 0.25) is 0 Å². The standard InChI is InChI=1S/C13H27NO4/c1-2-3-6-17-9-12(15)10-18-13(11-14)4-7-16-8-5-13/h12,15H,2-11,14H2,1H3. The molecule has 1 atom stereocenters. The minimum absolute atomic E-state index is 0.281. The van der Waals surface area contributed by atoms with E-state index in [-0.39, 0.29) is 12.2 Å². The Morgan fingerprint density at radius 2 is 2.06 bits per heavy atom. The molecule has 0 spiro atoms. The van der Waals surface area contributed by atoms with E-state index in [1.165, 1.54) is 0 Å². The van der Waals surface area contributed by atoms with Crippen molar-refractivity contribution in [1.29, 1.82) is 0 Å². The molecule has 1 aliphatic rings. The van der Waals surface area contributed by atoms with Crippen LogP contribution in [0.25, 0.3) is 0 Å². The largest absolute Gasteiger partial charge is 0.388 e. The Balaban J connectivity index is 2.16.